The van der Waals surface area contributed by atoms with Gasteiger partial charge in [-0.25, -0.2) is 4.98 Å². The molecule has 0 aliphatic heterocycles. The van der Waals surface area contributed by atoms with Gasteiger partial charge >= 0.3 is 0 Å². The number of aromatic nitrogens is 1. The fraction of sp³-hybridized carbons (Fsp3) is 0.625. The zero-order valence-electron chi connectivity index (χ0n) is 7.22. The van der Waals surface area contributed by atoms with Crippen molar-refractivity contribution in [2.24, 2.45) is 5.41 Å². The van der Waals surface area contributed by atoms with Crippen LogP contribution in [-0.2, 0) is 6.42 Å². The Hall–Kier alpha value is -0.570. The molecule has 0 aliphatic carbocycles. The lowest BCUT2D eigenvalue weighted by atomic mass is 9.93. The van der Waals surface area contributed by atoms with Crippen LogP contribution in [0.1, 0.15) is 25.8 Å². The highest BCUT2D eigenvalue weighted by atomic mass is 32.1. The van der Waals surface area contributed by atoms with E-state index < -0.39 is 0 Å². The SMILES string of the molecule is CC(C)(C)Cc1nc(N)cs1. The first-order chi connectivity index (χ1) is 4.97. The van der Waals surface area contributed by atoms with Gasteiger partial charge in [0.15, 0.2) is 0 Å². The van der Waals surface area contributed by atoms with E-state index in [1.807, 2.05) is 5.38 Å². The Morgan fingerprint density at radius 2 is 2.18 bits per heavy atom. The van der Waals surface area contributed by atoms with Crippen LogP contribution in [0.15, 0.2) is 5.38 Å². The molecule has 3 heteroatoms. The number of nitrogens with two attached hydrogens (primary N) is 1. The molecule has 0 bridgehead atoms. The molecular weight excluding hydrogens is 156 g/mol. The Kier molecular flexibility index (Phi) is 2.18. The number of nitrogen functional groups attached to an aromatic ring is 1. The molecule has 1 rings (SSSR count). The van der Waals surface area contributed by atoms with Gasteiger partial charge in [0.25, 0.3) is 0 Å². The third-order valence-electron chi connectivity index (χ3n) is 1.25. The van der Waals surface area contributed by atoms with E-state index in [-0.39, 0.29) is 0 Å². The van der Waals surface area contributed by atoms with Crippen LogP contribution in [0.25, 0.3) is 0 Å². The van der Waals surface area contributed by atoms with Gasteiger partial charge in [0.1, 0.15) is 5.82 Å². The number of anilines is 1. The van der Waals surface area contributed by atoms with Crippen LogP contribution < -0.4 is 5.73 Å². The van der Waals surface area contributed by atoms with E-state index in [1.165, 1.54) is 0 Å². The van der Waals surface area contributed by atoms with E-state index >= 15 is 0 Å². The van der Waals surface area contributed by atoms with Crippen LogP contribution >= 0.6 is 11.3 Å². The normalized spacial score (nSPS) is 11.9. The first-order valence-electron chi connectivity index (χ1n) is 3.67. The Labute approximate surface area is 71.5 Å². The number of rotatable bonds is 1. The maximum atomic E-state index is 5.50. The average molecular weight is 170 g/mol. The Bertz CT molecular complexity index is 234. The van der Waals surface area contributed by atoms with E-state index in [4.69, 9.17) is 5.73 Å². The van der Waals surface area contributed by atoms with Crippen LogP contribution in [0.3, 0.4) is 0 Å². The van der Waals surface area contributed by atoms with Gasteiger partial charge < -0.3 is 5.73 Å². The van der Waals surface area contributed by atoms with E-state index in [0.29, 0.717) is 11.2 Å². The molecule has 62 valence electrons. The van der Waals surface area contributed by atoms with Crippen molar-refractivity contribution in [3.05, 3.63) is 10.4 Å². The second-order valence-corrected chi connectivity index (χ2v) is 4.85. The van der Waals surface area contributed by atoms with E-state index in [0.717, 1.165) is 11.4 Å². The molecular formula is C8H14N2S. The number of nitrogens with zero attached hydrogens (tertiary/aromatic N) is 1. The summed E-state index contributed by atoms with van der Waals surface area (Å²) < 4.78 is 0. The maximum absolute atomic E-state index is 5.50. The molecule has 0 saturated heterocycles. The third kappa shape index (κ3) is 2.89. The second kappa shape index (κ2) is 2.81. The van der Waals surface area contributed by atoms with Crippen molar-refractivity contribution in [2.75, 3.05) is 5.73 Å². The highest BCUT2D eigenvalue weighted by molar-refractivity contribution is 7.10. The van der Waals surface area contributed by atoms with Gasteiger partial charge in [-0.2, -0.15) is 0 Å². The summed E-state index contributed by atoms with van der Waals surface area (Å²) in [6.07, 6.45) is 1.01. The number of thiazole rings is 1. The molecule has 0 spiro atoms. The van der Waals surface area contributed by atoms with Crippen molar-refractivity contribution < 1.29 is 0 Å². The van der Waals surface area contributed by atoms with E-state index in [9.17, 15) is 0 Å². The summed E-state index contributed by atoms with van der Waals surface area (Å²) in [6.45, 7) is 6.60. The summed E-state index contributed by atoms with van der Waals surface area (Å²) >= 11 is 1.64. The minimum absolute atomic E-state index is 0.310. The fourth-order valence-corrected chi connectivity index (χ4v) is 1.84. The molecule has 0 radical (unpaired) electrons. The molecule has 1 aromatic heterocycles. The predicted molar refractivity (Wildman–Crippen MR) is 49.7 cm³/mol. The van der Waals surface area contributed by atoms with Gasteiger partial charge in [0.05, 0.1) is 5.01 Å². The van der Waals surface area contributed by atoms with Gasteiger partial charge in [0, 0.05) is 11.8 Å². The molecule has 0 aromatic carbocycles. The molecule has 1 heterocycles. The molecule has 0 amide bonds. The average Bonchev–Trinajstić information content (AvgIpc) is 2.10. The van der Waals surface area contributed by atoms with E-state index in [2.05, 4.69) is 25.8 Å². The zero-order chi connectivity index (χ0) is 8.48. The summed E-state index contributed by atoms with van der Waals surface area (Å²) in [4.78, 5) is 4.19. The van der Waals surface area contributed by atoms with Crippen LogP contribution in [0, 0.1) is 5.41 Å². The molecule has 1 aromatic rings. The van der Waals surface area contributed by atoms with Crippen molar-refractivity contribution >= 4 is 17.2 Å². The fourth-order valence-electron chi connectivity index (χ4n) is 0.860. The Morgan fingerprint density at radius 1 is 1.55 bits per heavy atom. The monoisotopic (exact) mass is 170 g/mol. The number of hydrogen-bond acceptors (Lipinski definition) is 3. The quantitative estimate of drug-likeness (QED) is 0.702. The molecule has 0 saturated carbocycles. The van der Waals surface area contributed by atoms with Crippen LogP contribution in [0.2, 0.25) is 0 Å². The summed E-state index contributed by atoms with van der Waals surface area (Å²) in [5.41, 5.74) is 5.81. The largest absolute Gasteiger partial charge is 0.383 e. The Balaban J connectivity index is 2.65. The molecule has 0 unspecified atom stereocenters. The predicted octanol–water partition coefficient (Wildman–Crippen LogP) is 2.31. The maximum Gasteiger partial charge on any atom is 0.134 e. The Morgan fingerprint density at radius 3 is 2.55 bits per heavy atom. The van der Waals surface area contributed by atoms with Crippen molar-refractivity contribution in [2.45, 2.75) is 27.2 Å². The van der Waals surface area contributed by atoms with Crippen LogP contribution in [0.5, 0.6) is 0 Å². The molecule has 11 heavy (non-hydrogen) atoms. The topological polar surface area (TPSA) is 38.9 Å². The molecule has 0 atom stereocenters. The summed E-state index contributed by atoms with van der Waals surface area (Å²) in [7, 11) is 0. The van der Waals surface area contributed by atoms with Gasteiger partial charge in [-0.3, -0.25) is 0 Å². The second-order valence-electron chi connectivity index (χ2n) is 3.90. The van der Waals surface area contributed by atoms with Crippen molar-refractivity contribution in [1.29, 1.82) is 0 Å². The van der Waals surface area contributed by atoms with Crippen molar-refractivity contribution in [3.63, 3.8) is 0 Å². The minimum Gasteiger partial charge on any atom is -0.383 e. The number of hydrogen-bond donors (Lipinski definition) is 1. The van der Waals surface area contributed by atoms with Crippen molar-refractivity contribution in [3.8, 4) is 0 Å². The lowest BCUT2D eigenvalue weighted by Gasteiger charge is -2.15. The minimum atomic E-state index is 0.310. The summed E-state index contributed by atoms with van der Waals surface area (Å²) in [6, 6.07) is 0. The summed E-state index contributed by atoms with van der Waals surface area (Å²) in [5.74, 6) is 0.647. The molecule has 2 N–H and O–H groups in total. The smallest absolute Gasteiger partial charge is 0.134 e. The summed E-state index contributed by atoms with van der Waals surface area (Å²) in [5, 5.41) is 3.02. The van der Waals surface area contributed by atoms with Gasteiger partial charge in [-0.15, -0.1) is 11.3 Å². The van der Waals surface area contributed by atoms with Crippen molar-refractivity contribution in [1.82, 2.24) is 4.98 Å². The standard InChI is InChI=1S/C8H14N2S/c1-8(2,3)4-7-10-6(9)5-11-7/h5H,4,9H2,1-3H3. The molecule has 0 fully saturated rings. The first-order valence-corrected chi connectivity index (χ1v) is 4.55. The lowest BCUT2D eigenvalue weighted by Crippen LogP contribution is -2.08. The zero-order valence-corrected chi connectivity index (χ0v) is 8.03. The highest BCUT2D eigenvalue weighted by Crippen LogP contribution is 2.23. The highest BCUT2D eigenvalue weighted by Gasteiger charge is 2.13. The molecule has 0 aliphatic rings. The first kappa shape index (κ1) is 8.53. The molecule has 2 nitrogen and oxygen atoms in total. The van der Waals surface area contributed by atoms with E-state index in [1.54, 1.807) is 11.3 Å². The van der Waals surface area contributed by atoms with Gasteiger partial charge in [-0.1, -0.05) is 20.8 Å². The third-order valence-corrected chi connectivity index (χ3v) is 2.12. The van der Waals surface area contributed by atoms with Gasteiger partial charge in [-0.05, 0) is 5.41 Å². The lowest BCUT2D eigenvalue weighted by molar-refractivity contribution is 0.410. The van der Waals surface area contributed by atoms with Gasteiger partial charge in [0.2, 0.25) is 0 Å². The van der Waals surface area contributed by atoms with Crippen LogP contribution in [-0.4, -0.2) is 4.98 Å². The van der Waals surface area contributed by atoms with Crippen LogP contribution in [0.4, 0.5) is 5.82 Å².